The number of hydrogen-bond donors (Lipinski definition) is 1. The van der Waals surface area contributed by atoms with Gasteiger partial charge in [0.1, 0.15) is 5.76 Å². The molecule has 0 aliphatic carbocycles. The molecule has 1 saturated heterocycles. The van der Waals surface area contributed by atoms with Crippen LogP contribution in [0.5, 0.6) is 11.5 Å². The van der Waals surface area contributed by atoms with Crippen molar-refractivity contribution in [2.75, 3.05) is 26.4 Å². The van der Waals surface area contributed by atoms with Crippen molar-refractivity contribution in [2.45, 2.75) is 31.7 Å². The van der Waals surface area contributed by atoms with Crippen LogP contribution in [0.25, 0.3) is 0 Å². The Morgan fingerprint density at radius 2 is 1.88 bits per heavy atom. The third kappa shape index (κ3) is 3.70. The van der Waals surface area contributed by atoms with Crippen molar-refractivity contribution in [3.05, 3.63) is 47.9 Å². The van der Waals surface area contributed by atoms with E-state index in [1.807, 2.05) is 12.1 Å². The molecule has 0 saturated carbocycles. The predicted molar refractivity (Wildman–Crippen MR) is 96.4 cm³/mol. The lowest BCUT2D eigenvalue weighted by Gasteiger charge is -2.29. The van der Waals surface area contributed by atoms with Crippen LogP contribution < -0.4 is 14.8 Å². The van der Waals surface area contributed by atoms with Crippen molar-refractivity contribution in [3.63, 3.8) is 0 Å². The Hall–Kier alpha value is -2.47. The van der Waals surface area contributed by atoms with Gasteiger partial charge in [0.05, 0.1) is 12.3 Å². The van der Waals surface area contributed by atoms with Crippen LogP contribution in [0.2, 0.25) is 0 Å². The number of fused-ring (bicyclic) bond motifs is 1. The van der Waals surface area contributed by atoms with E-state index in [1.54, 1.807) is 24.5 Å². The number of amides is 1. The second-order valence-corrected chi connectivity index (χ2v) is 6.76. The molecule has 1 aromatic heterocycles. The second-order valence-electron chi connectivity index (χ2n) is 6.76. The van der Waals surface area contributed by atoms with Crippen LogP contribution in [0.15, 0.2) is 41.0 Å². The molecule has 1 fully saturated rings. The summed E-state index contributed by atoms with van der Waals surface area (Å²) in [4.78, 5) is 15.0. The first-order valence-electron chi connectivity index (χ1n) is 9.26. The van der Waals surface area contributed by atoms with E-state index in [0.717, 1.165) is 18.8 Å². The van der Waals surface area contributed by atoms with Crippen LogP contribution >= 0.6 is 0 Å². The van der Waals surface area contributed by atoms with Crippen molar-refractivity contribution in [1.29, 1.82) is 0 Å². The minimum Gasteiger partial charge on any atom is -0.468 e. The molecule has 2 aliphatic heterocycles. The predicted octanol–water partition coefficient (Wildman–Crippen LogP) is 3.36. The van der Waals surface area contributed by atoms with Gasteiger partial charge in [-0.25, -0.2) is 0 Å². The summed E-state index contributed by atoms with van der Waals surface area (Å²) in [6.07, 6.45) is 6.61. The maximum atomic E-state index is 12.6. The lowest BCUT2D eigenvalue weighted by molar-refractivity contribution is 0.0926. The summed E-state index contributed by atoms with van der Waals surface area (Å²) < 4.78 is 16.3. The van der Waals surface area contributed by atoms with E-state index in [2.05, 4.69) is 10.2 Å². The quantitative estimate of drug-likeness (QED) is 0.890. The van der Waals surface area contributed by atoms with Crippen LogP contribution in [0.1, 0.15) is 47.8 Å². The number of likely N-dealkylation sites (tertiary alicyclic amines) is 1. The van der Waals surface area contributed by atoms with E-state index in [4.69, 9.17) is 13.9 Å². The number of furan rings is 1. The van der Waals surface area contributed by atoms with Crippen molar-refractivity contribution in [3.8, 4) is 11.5 Å². The van der Waals surface area contributed by atoms with E-state index < -0.39 is 0 Å². The fraction of sp³-hybridized carbons (Fsp3) is 0.450. The molecule has 1 aromatic carbocycles. The standard InChI is InChI=1S/C20H24N2O4/c23-20(15-7-8-18-19(12-15)26-14-25-18)21-13-16(17-6-5-11-24-17)22-9-3-1-2-4-10-22/h5-8,11-12,16H,1-4,9-10,13-14H2,(H,21,23). The molecule has 2 aromatic rings. The molecule has 1 N–H and O–H groups in total. The van der Waals surface area contributed by atoms with Gasteiger partial charge in [-0.15, -0.1) is 0 Å². The topological polar surface area (TPSA) is 63.9 Å². The Balaban J connectivity index is 1.45. The minimum atomic E-state index is -0.116. The zero-order valence-corrected chi connectivity index (χ0v) is 14.8. The van der Waals surface area contributed by atoms with Gasteiger partial charge in [-0.2, -0.15) is 0 Å². The Morgan fingerprint density at radius 3 is 2.65 bits per heavy atom. The van der Waals surface area contributed by atoms with Crippen molar-refractivity contribution in [2.24, 2.45) is 0 Å². The van der Waals surface area contributed by atoms with E-state index in [-0.39, 0.29) is 18.7 Å². The van der Waals surface area contributed by atoms with Gasteiger partial charge in [0.2, 0.25) is 6.79 Å². The maximum absolute atomic E-state index is 12.6. The van der Waals surface area contributed by atoms with Gasteiger partial charge in [-0.3, -0.25) is 9.69 Å². The highest BCUT2D eigenvalue weighted by Crippen LogP contribution is 2.32. The summed E-state index contributed by atoms with van der Waals surface area (Å²) in [5.74, 6) is 2.08. The smallest absolute Gasteiger partial charge is 0.251 e. The molecule has 6 heteroatoms. The number of carbonyl (C=O) groups is 1. The summed E-state index contributed by atoms with van der Waals surface area (Å²) in [6, 6.07) is 9.21. The zero-order chi connectivity index (χ0) is 17.8. The van der Waals surface area contributed by atoms with Crippen LogP contribution in [0.3, 0.4) is 0 Å². The SMILES string of the molecule is O=C(NCC(c1ccco1)N1CCCCCC1)c1ccc2c(c1)OCO2. The molecule has 6 nitrogen and oxygen atoms in total. The number of ether oxygens (including phenoxy) is 2. The molecule has 0 spiro atoms. The van der Waals surface area contributed by atoms with E-state index in [0.29, 0.717) is 23.6 Å². The van der Waals surface area contributed by atoms with Gasteiger partial charge in [0.15, 0.2) is 11.5 Å². The largest absolute Gasteiger partial charge is 0.468 e. The van der Waals surface area contributed by atoms with Crippen molar-refractivity contribution >= 4 is 5.91 Å². The van der Waals surface area contributed by atoms with Gasteiger partial charge in [0.25, 0.3) is 5.91 Å². The van der Waals surface area contributed by atoms with Crippen molar-refractivity contribution in [1.82, 2.24) is 10.2 Å². The molecule has 26 heavy (non-hydrogen) atoms. The summed E-state index contributed by atoms with van der Waals surface area (Å²) in [5.41, 5.74) is 0.573. The molecule has 1 unspecified atom stereocenters. The molecular weight excluding hydrogens is 332 g/mol. The number of carbonyl (C=O) groups excluding carboxylic acids is 1. The molecule has 1 atom stereocenters. The third-order valence-corrected chi connectivity index (χ3v) is 5.04. The van der Waals surface area contributed by atoms with Gasteiger partial charge in [-0.05, 0) is 56.3 Å². The van der Waals surface area contributed by atoms with E-state index in [1.165, 1.54) is 25.7 Å². The Labute approximate surface area is 153 Å². The minimum absolute atomic E-state index is 0.0565. The first-order chi connectivity index (χ1) is 12.8. The Bertz CT molecular complexity index is 736. The van der Waals surface area contributed by atoms with Crippen LogP contribution in [-0.2, 0) is 0 Å². The number of hydrogen-bond acceptors (Lipinski definition) is 5. The lowest BCUT2D eigenvalue weighted by atomic mass is 10.1. The average Bonchev–Trinajstić information content (AvgIpc) is 3.28. The van der Waals surface area contributed by atoms with Gasteiger partial charge in [-0.1, -0.05) is 12.8 Å². The number of nitrogens with zero attached hydrogens (tertiary/aromatic N) is 1. The van der Waals surface area contributed by atoms with Crippen LogP contribution in [0, 0.1) is 0 Å². The fourth-order valence-electron chi connectivity index (χ4n) is 3.63. The van der Waals surface area contributed by atoms with Crippen LogP contribution in [0.4, 0.5) is 0 Å². The molecule has 4 rings (SSSR count). The molecular formula is C20H24N2O4. The fourth-order valence-corrected chi connectivity index (χ4v) is 3.63. The highest BCUT2D eigenvalue weighted by atomic mass is 16.7. The molecule has 0 bridgehead atoms. The monoisotopic (exact) mass is 356 g/mol. The van der Waals surface area contributed by atoms with Gasteiger partial charge >= 0.3 is 0 Å². The first kappa shape index (κ1) is 17.0. The molecule has 138 valence electrons. The molecule has 2 aliphatic rings. The summed E-state index contributed by atoms with van der Waals surface area (Å²) in [5, 5.41) is 3.06. The normalized spacial score (nSPS) is 18.3. The van der Waals surface area contributed by atoms with Crippen molar-refractivity contribution < 1.29 is 18.7 Å². The third-order valence-electron chi connectivity index (χ3n) is 5.04. The lowest BCUT2D eigenvalue weighted by Crippen LogP contribution is -2.38. The number of benzene rings is 1. The highest BCUT2D eigenvalue weighted by molar-refractivity contribution is 5.94. The average molecular weight is 356 g/mol. The molecule has 1 amide bonds. The number of rotatable bonds is 5. The Morgan fingerprint density at radius 1 is 1.08 bits per heavy atom. The zero-order valence-electron chi connectivity index (χ0n) is 14.8. The highest BCUT2D eigenvalue weighted by Gasteiger charge is 2.25. The Kier molecular flexibility index (Phi) is 5.11. The summed E-state index contributed by atoms with van der Waals surface area (Å²) in [7, 11) is 0. The molecule has 0 radical (unpaired) electrons. The summed E-state index contributed by atoms with van der Waals surface area (Å²) >= 11 is 0. The maximum Gasteiger partial charge on any atom is 0.251 e. The van der Waals surface area contributed by atoms with E-state index in [9.17, 15) is 4.79 Å². The van der Waals surface area contributed by atoms with E-state index >= 15 is 0 Å². The number of nitrogens with one attached hydrogen (secondary N) is 1. The summed E-state index contributed by atoms with van der Waals surface area (Å²) in [6.45, 7) is 2.78. The van der Waals surface area contributed by atoms with Crippen LogP contribution in [-0.4, -0.2) is 37.2 Å². The second kappa shape index (κ2) is 7.83. The molecule has 3 heterocycles. The van der Waals surface area contributed by atoms with Gasteiger partial charge in [0, 0.05) is 12.1 Å². The first-order valence-corrected chi connectivity index (χ1v) is 9.26. The van der Waals surface area contributed by atoms with Gasteiger partial charge < -0.3 is 19.2 Å².